The highest BCUT2D eigenvalue weighted by Crippen LogP contribution is 2.18. The van der Waals surface area contributed by atoms with Crippen LogP contribution in [0.4, 0.5) is 5.82 Å². The smallest absolute Gasteiger partial charge is 0.147 e. The first-order valence-corrected chi connectivity index (χ1v) is 6.23. The third-order valence-corrected chi connectivity index (χ3v) is 3.02. The van der Waals surface area contributed by atoms with E-state index in [0.717, 1.165) is 44.8 Å². The van der Waals surface area contributed by atoms with Gasteiger partial charge in [0.05, 0.1) is 12.3 Å². The Balaban J connectivity index is 1.74. The number of anilines is 1. The van der Waals surface area contributed by atoms with E-state index in [0.29, 0.717) is 12.6 Å². The molecule has 2 N–H and O–H groups in total. The molecule has 17 heavy (non-hydrogen) atoms. The van der Waals surface area contributed by atoms with Crippen molar-refractivity contribution in [3.8, 4) is 0 Å². The molecule has 0 radical (unpaired) electrons. The Kier molecular flexibility index (Phi) is 4.70. The molecule has 2 rings (SSSR count). The van der Waals surface area contributed by atoms with Gasteiger partial charge in [-0.2, -0.15) is 0 Å². The third kappa shape index (κ3) is 3.64. The molecule has 1 aliphatic rings. The van der Waals surface area contributed by atoms with Crippen LogP contribution < -0.4 is 10.6 Å². The lowest BCUT2D eigenvalue weighted by molar-refractivity contribution is 0.0365. The Morgan fingerprint density at radius 3 is 2.82 bits per heavy atom. The number of aromatic nitrogens is 2. The zero-order valence-corrected chi connectivity index (χ0v) is 10.1. The van der Waals surface area contributed by atoms with E-state index < -0.39 is 0 Å². The largest absolute Gasteiger partial charge is 0.378 e. The van der Waals surface area contributed by atoms with Crippen molar-refractivity contribution in [2.24, 2.45) is 5.73 Å². The Labute approximate surface area is 102 Å². The highest BCUT2D eigenvalue weighted by Gasteiger charge is 2.20. The highest BCUT2D eigenvalue weighted by molar-refractivity contribution is 5.35. The fourth-order valence-corrected chi connectivity index (χ4v) is 2.04. The van der Waals surface area contributed by atoms with Crippen LogP contribution in [0.5, 0.6) is 0 Å². The molecular formula is C12H20N4O. The molecule has 1 aromatic rings. The average molecular weight is 236 g/mol. The van der Waals surface area contributed by atoms with Crippen LogP contribution in [0.2, 0.25) is 0 Å². The Bertz CT molecular complexity index is 312. The molecule has 94 valence electrons. The lowest BCUT2D eigenvalue weighted by Gasteiger charge is -2.32. The van der Waals surface area contributed by atoms with Crippen molar-refractivity contribution < 1.29 is 4.74 Å². The summed E-state index contributed by atoms with van der Waals surface area (Å²) in [4.78, 5) is 10.7. The van der Waals surface area contributed by atoms with Crippen molar-refractivity contribution in [1.29, 1.82) is 0 Å². The van der Waals surface area contributed by atoms with Crippen molar-refractivity contribution in [2.45, 2.75) is 25.4 Å². The molecule has 1 aliphatic heterocycles. The van der Waals surface area contributed by atoms with Gasteiger partial charge < -0.3 is 15.4 Å². The van der Waals surface area contributed by atoms with Gasteiger partial charge in [0.25, 0.3) is 0 Å². The number of rotatable bonds is 5. The van der Waals surface area contributed by atoms with Gasteiger partial charge in [0, 0.05) is 32.1 Å². The molecule has 0 aliphatic carbocycles. The highest BCUT2D eigenvalue weighted by atomic mass is 16.5. The van der Waals surface area contributed by atoms with Crippen LogP contribution in [0, 0.1) is 0 Å². The second kappa shape index (κ2) is 6.51. The summed E-state index contributed by atoms with van der Waals surface area (Å²) >= 11 is 0. The zero-order chi connectivity index (χ0) is 11.9. The van der Waals surface area contributed by atoms with Crippen LogP contribution in [0.3, 0.4) is 0 Å². The lowest BCUT2D eigenvalue weighted by Crippen LogP contribution is -2.37. The van der Waals surface area contributed by atoms with Gasteiger partial charge in [-0.05, 0) is 25.8 Å². The average Bonchev–Trinajstić information content (AvgIpc) is 2.41. The van der Waals surface area contributed by atoms with Gasteiger partial charge in [-0.25, -0.2) is 4.98 Å². The summed E-state index contributed by atoms with van der Waals surface area (Å²) in [7, 11) is 0. The second-order valence-electron chi connectivity index (χ2n) is 4.26. The van der Waals surface area contributed by atoms with Gasteiger partial charge in [0.2, 0.25) is 0 Å². The van der Waals surface area contributed by atoms with Crippen molar-refractivity contribution in [3.05, 3.63) is 18.6 Å². The molecule has 0 unspecified atom stereocenters. The fraction of sp³-hybridized carbons (Fsp3) is 0.667. The monoisotopic (exact) mass is 236 g/mol. The summed E-state index contributed by atoms with van der Waals surface area (Å²) < 4.78 is 5.76. The van der Waals surface area contributed by atoms with Gasteiger partial charge in [0.15, 0.2) is 0 Å². The first-order valence-electron chi connectivity index (χ1n) is 6.23. The first-order chi connectivity index (χ1) is 8.40. The zero-order valence-electron chi connectivity index (χ0n) is 10.1. The molecule has 0 atom stereocenters. The van der Waals surface area contributed by atoms with Crippen molar-refractivity contribution in [3.63, 3.8) is 0 Å². The second-order valence-corrected chi connectivity index (χ2v) is 4.26. The normalized spacial score (nSPS) is 17.4. The minimum atomic E-state index is 0.384. The van der Waals surface area contributed by atoms with Gasteiger partial charge in [-0.15, -0.1) is 0 Å². The summed E-state index contributed by atoms with van der Waals surface area (Å²) in [6.45, 7) is 3.47. The fourth-order valence-electron chi connectivity index (χ4n) is 2.04. The van der Waals surface area contributed by atoms with E-state index >= 15 is 0 Å². The molecule has 2 heterocycles. The Hall–Kier alpha value is -1.20. The molecule has 5 heteroatoms. The standard InChI is InChI=1S/C12H20N4O/c13-4-1-9-17-11-2-7-16(8-3-11)12-10-14-5-6-15-12/h5-6,10-11H,1-4,7-9,13H2. The van der Waals surface area contributed by atoms with Crippen LogP contribution in [0.15, 0.2) is 18.6 Å². The van der Waals surface area contributed by atoms with E-state index in [2.05, 4.69) is 14.9 Å². The maximum atomic E-state index is 5.76. The summed E-state index contributed by atoms with van der Waals surface area (Å²) in [6.07, 6.45) is 8.70. The first kappa shape index (κ1) is 12.3. The summed E-state index contributed by atoms with van der Waals surface area (Å²) in [6, 6.07) is 0. The van der Waals surface area contributed by atoms with Gasteiger partial charge in [-0.3, -0.25) is 4.98 Å². The number of nitrogens with two attached hydrogens (primary N) is 1. The maximum absolute atomic E-state index is 5.76. The van der Waals surface area contributed by atoms with Crippen molar-refractivity contribution in [1.82, 2.24) is 9.97 Å². The van der Waals surface area contributed by atoms with Crippen LogP contribution >= 0.6 is 0 Å². The van der Waals surface area contributed by atoms with E-state index in [1.54, 1.807) is 12.4 Å². The summed E-state index contributed by atoms with van der Waals surface area (Å²) in [5, 5.41) is 0. The van der Waals surface area contributed by atoms with Crippen molar-refractivity contribution in [2.75, 3.05) is 31.1 Å². The minimum absolute atomic E-state index is 0.384. The summed E-state index contributed by atoms with van der Waals surface area (Å²) in [5.74, 6) is 0.966. The number of hydrogen-bond acceptors (Lipinski definition) is 5. The number of hydrogen-bond donors (Lipinski definition) is 1. The van der Waals surface area contributed by atoms with Crippen LogP contribution in [0.25, 0.3) is 0 Å². The number of nitrogens with zero attached hydrogens (tertiary/aromatic N) is 3. The molecule has 0 aromatic carbocycles. The summed E-state index contributed by atoms with van der Waals surface area (Å²) in [5.41, 5.74) is 5.44. The van der Waals surface area contributed by atoms with E-state index in [4.69, 9.17) is 10.5 Å². The predicted octanol–water partition coefficient (Wildman–Crippen LogP) is 0.811. The van der Waals surface area contributed by atoms with E-state index in [9.17, 15) is 0 Å². The molecule has 1 aromatic heterocycles. The molecule has 0 bridgehead atoms. The SMILES string of the molecule is NCCCOC1CCN(c2cnccn2)CC1. The van der Waals surface area contributed by atoms with Crippen LogP contribution in [0.1, 0.15) is 19.3 Å². The van der Waals surface area contributed by atoms with E-state index in [1.165, 1.54) is 0 Å². The Morgan fingerprint density at radius 2 is 2.18 bits per heavy atom. The predicted molar refractivity (Wildman–Crippen MR) is 66.9 cm³/mol. The van der Waals surface area contributed by atoms with Crippen LogP contribution in [-0.2, 0) is 4.74 Å². The molecule has 1 saturated heterocycles. The molecule has 0 saturated carbocycles. The quantitative estimate of drug-likeness (QED) is 0.766. The third-order valence-electron chi connectivity index (χ3n) is 3.02. The Morgan fingerprint density at radius 1 is 1.35 bits per heavy atom. The van der Waals surface area contributed by atoms with Crippen LogP contribution in [-0.4, -0.2) is 42.3 Å². The number of piperidine rings is 1. The van der Waals surface area contributed by atoms with Gasteiger partial charge >= 0.3 is 0 Å². The minimum Gasteiger partial charge on any atom is -0.378 e. The van der Waals surface area contributed by atoms with Gasteiger partial charge in [-0.1, -0.05) is 0 Å². The molecule has 1 fully saturated rings. The van der Waals surface area contributed by atoms with E-state index in [-0.39, 0.29) is 0 Å². The maximum Gasteiger partial charge on any atom is 0.147 e. The molecule has 5 nitrogen and oxygen atoms in total. The van der Waals surface area contributed by atoms with E-state index in [1.807, 2.05) is 6.20 Å². The topological polar surface area (TPSA) is 64.3 Å². The molecule has 0 spiro atoms. The van der Waals surface area contributed by atoms with Crippen molar-refractivity contribution >= 4 is 5.82 Å². The van der Waals surface area contributed by atoms with Gasteiger partial charge in [0.1, 0.15) is 5.82 Å². The molecule has 0 amide bonds. The number of ether oxygens (including phenoxy) is 1. The molecular weight excluding hydrogens is 216 g/mol. The lowest BCUT2D eigenvalue weighted by atomic mass is 10.1.